The molecule has 1 heterocycles. The van der Waals surface area contributed by atoms with Crippen LogP contribution in [0, 0.1) is 0 Å². The molecule has 0 atom stereocenters. The van der Waals surface area contributed by atoms with Crippen LogP contribution >= 0.6 is 43.5 Å². The lowest BCUT2D eigenvalue weighted by atomic mass is 10.0. The standard InChI is InChI=1S/C29H18Br2ClN3O3/c30-20-11-14-24(38-29(37)18-9-12-21(32)13-10-18)19(15-20)16-33-35-28(36)27-25(17-5-2-1-3-6-17)22-7-4-8-23(31)26(22)34-27/h1-16,34H,(H,35,36). The Morgan fingerprint density at radius 1 is 0.921 bits per heavy atom. The number of amides is 1. The Morgan fingerprint density at radius 3 is 2.45 bits per heavy atom. The molecule has 0 aliphatic carbocycles. The number of hydrogen-bond acceptors (Lipinski definition) is 4. The minimum Gasteiger partial charge on any atom is -0.422 e. The summed E-state index contributed by atoms with van der Waals surface area (Å²) in [7, 11) is 0. The predicted octanol–water partition coefficient (Wildman–Crippen LogP) is 8.00. The number of benzene rings is 4. The molecule has 38 heavy (non-hydrogen) atoms. The van der Waals surface area contributed by atoms with E-state index < -0.39 is 11.9 Å². The van der Waals surface area contributed by atoms with Crippen molar-refractivity contribution in [3.05, 3.63) is 122 Å². The Labute approximate surface area is 239 Å². The number of nitrogens with one attached hydrogen (secondary N) is 2. The van der Waals surface area contributed by atoms with E-state index >= 15 is 0 Å². The number of halogens is 3. The molecule has 2 N–H and O–H groups in total. The lowest BCUT2D eigenvalue weighted by Gasteiger charge is -2.08. The van der Waals surface area contributed by atoms with E-state index in [9.17, 15) is 9.59 Å². The normalized spacial score (nSPS) is 11.1. The molecule has 0 bridgehead atoms. The second kappa shape index (κ2) is 11.3. The number of esters is 1. The molecule has 6 nitrogen and oxygen atoms in total. The number of hydrogen-bond donors (Lipinski definition) is 2. The van der Waals surface area contributed by atoms with Crippen LogP contribution in [0.3, 0.4) is 0 Å². The molecular weight excluding hydrogens is 634 g/mol. The van der Waals surface area contributed by atoms with Crippen LogP contribution in [-0.2, 0) is 0 Å². The van der Waals surface area contributed by atoms with Gasteiger partial charge in [0.2, 0.25) is 0 Å². The fourth-order valence-electron chi connectivity index (χ4n) is 3.93. The zero-order valence-electron chi connectivity index (χ0n) is 19.5. The summed E-state index contributed by atoms with van der Waals surface area (Å²) in [6, 6.07) is 27.0. The van der Waals surface area contributed by atoms with Gasteiger partial charge in [0.05, 0.1) is 17.3 Å². The molecule has 0 aliphatic rings. The lowest BCUT2D eigenvalue weighted by molar-refractivity contribution is 0.0734. The highest BCUT2D eigenvalue weighted by molar-refractivity contribution is 9.11. The van der Waals surface area contributed by atoms with Gasteiger partial charge in [-0.1, -0.05) is 70.0 Å². The van der Waals surface area contributed by atoms with E-state index in [0.29, 0.717) is 21.8 Å². The van der Waals surface area contributed by atoms with E-state index in [0.717, 1.165) is 31.0 Å². The van der Waals surface area contributed by atoms with Crippen molar-refractivity contribution in [2.45, 2.75) is 0 Å². The highest BCUT2D eigenvalue weighted by atomic mass is 79.9. The molecular formula is C29H18Br2ClN3O3. The summed E-state index contributed by atoms with van der Waals surface area (Å²) in [6.45, 7) is 0. The molecule has 5 rings (SSSR count). The van der Waals surface area contributed by atoms with Crippen LogP contribution in [0.15, 0.2) is 105 Å². The molecule has 9 heteroatoms. The number of nitrogens with zero attached hydrogens (tertiary/aromatic N) is 1. The summed E-state index contributed by atoms with van der Waals surface area (Å²) in [4.78, 5) is 29.1. The largest absolute Gasteiger partial charge is 0.422 e. The van der Waals surface area contributed by atoms with Crippen molar-refractivity contribution in [3.63, 3.8) is 0 Å². The maximum Gasteiger partial charge on any atom is 0.343 e. The van der Waals surface area contributed by atoms with E-state index in [1.165, 1.54) is 6.21 Å². The van der Waals surface area contributed by atoms with Crippen LogP contribution in [0.5, 0.6) is 5.75 Å². The number of H-pyrrole nitrogens is 1. The van der Waals surface area contributed by atoms with Gasteiger partial charge in [-0.3, -0.25) is 4.79 Å². The minimum absolute atomic E-state index is 0.283. The molecule has 4 aromatic carbocycles. The van der Waals surface area contributed by atoms with E-state index in [2.05, 4.69) is 47.4 Å². The van der Waals surface area contributed by atoms with Gasteiger partial charge in [0.1, 0.15) is 11.4 Å². The topological polar surface area (TPSA) is 83.5 Å². The SMILES string of the molecule is O=C(Oc1ccc(Br)cc1C=NNC(=O)c1[nH]c2c(Br)cccc2c1-c1ccccc1)c1ccc(Cl)cc1. The summed E-state index contributed by atoms with van der Waals surface area (Å²) >= 11 is 12.9. The van der Waals surface area contributed by atoms with E-state index in [1.54, 1.807) is 42.5 Å². The van der Waals surface area contributed by atoms with E-state index in [4.69, 9.17) is 16.3 Å². The Bertz CT molecular complexity index is 1680. The molecule has 0 fully saturated rings. The van der Waals surface area contributed by atoms with Crippen molar-refractivity contribution in [3.8, 4) is 16.9 Å². The zero-order valence-corrected chi connectivity index (χ0v) is 23.5. The first-order valence-corrected chi connectivity index (χ1v) is 13.3. The van der Waals surface area contributed by atoms with Gasteiger partial charge in [0.15, 0.2) is 0 Å². The Kier molecular flexibility index (Phi) is 7.74. The number of aromatic nitrogens is 1. The molecule has 0 saturated carbocycles. The van der Waals surface area contributed by atoms with Crippen molar-refractivity contribution in [1.82, 2.24) is 10.4 Å². The minimum atomic E-state index is -0.543. The third-order valence-corrected chi connectivity index (χ3v) is 7.10. The van der Waals surface area contributed by atoms with Gasteiger partial charge in [-0.05, 0) is 70.0 Å². The van der Waals surface area contributed by atoms with Crippen LogP contribution < -0.4 is 10.2 Å². The fraction of sp³-hybridized carbons (Fsp3) is 0. The van der Waals surface area contributed by atoms with Gasteiger partial charge >= 0.3 is 5.97 Å². The number of carbonyl (C=O) groups excluding carboxylic acids is 2. The fourth-order valence-corrected chi connectivity index (χ4v) is 4.90. The zero-order chi connectivity index (χ0) is 26.6. The first-order chi connectivity index (χ1) is 18.4. The quantitative estimate of drug-likeness (QED) is 0.0845. The summed E-state index contributed by atoms with van der Waals surface area (Å²) in [6.07, 6.45) is 1.42. The van der Waals surface area contributed by atoms with E-state index in [1.807, 2.05) is 48.5 Å². The molecule has 1 amide bonds. The van der Waals surface area contributed by atoms with Gasteiger partial charge in [-0.25, -0.2) is 10.2 Å². The van der Waals surface area contributed by atoms with E-state index in [-0.39, 0.29) is 5.75 Å². The van der Waals surface area contributed by atoms with Gasteiger partial charge < -0.3 is 9.72 Å². The van der Waals surface area contributed by atoms with Crippen LogP contribution in [0.2, 0.25) is 5.02 Å². The van der Waals surface area contributed by atoms with Gasteiger partial charge in [0.25, 0.3) is 5.91 Å². The number of fused-ring (bicyclic) bond motifs is 1. The average Bonchev–Trinajstić information content (AvgIpc) is 3.32. The molecule has 0 aliphatic heterocycles. The smallest absolute Gasteiger partial charge is 0.343 e. The maximum absolute atomic E-state index is 13.3. The number of aromatic amines is 1. The van der Waals surface area contributed by atoms with Gasteiger partial charge in [-0.15, -0.1) is 0 Å². The third kappa shape index (κ3) is 5.57. The molecule has 188 valence electrons. The van der Waals surface area contributed by atoms with Crippen LogP contribution in [-0.4, -0.2) is 23.1 Å². The lowest BCUT2D eigenvalue weighted by Crippen LogP contribution is -2.19. The number of para-hydroxylation sites is 1. The van der Waals surface area contributed by atoms with Crippen molar-refractivity contribution in [1.29, 1.82) is 0 Å². The molecule has 0 unspecified atom stereocenters. The van der Waals surface area contributed by atoms with Crippen molar-refractivity contribution in [2.75, 3.05) is 0 Å². The highest BCUT2D eigenvalue weighted by Crippen LogP contribution is 2.35. The molecule has 0 radical (unpaired) electrons. The second-order valence-electron chi connectivity index (χ2n) is 8.18. The molecule has 5 aromatic rings. The molecule has 0 spiro atoms. The predicted molar refractivity (Wildman–Crippen MR) is 157 cm³/mol. The number of carbonyl (C=O) groups is 2. The molecule has 0 saturated heterocycles. The average molecular weight is 652 g/mol. The number of ether oxygens (including phenoxy) is 1. The maximum atomic E-state index is 13.3. The Hall–Kier alpha value is -3.72. The monoisotopic (exact) mass is 649 g/mol. The summed E-state index contributed by atoms with van der Waals surface area (Å²) in [5.41, 5.74) is 6.29. The summed E-state index contributed by atoms with van der Waals surface area (Å²) in [5, 5.41) is 5.58. The van der Waals surface area contributed by atoms with Crippen LogP contribution in [0.1, 0.15) is 26.4 Å². The second-order valence-corrected chi connectivity index (χ2v) is 10.4. The summed E-state index contributed by atoms with van der Waals surface area (Å²) < 4.78 is 7.18. The number of rotatable bonds is 6. The van der Waals surface area contributed by atoms with Crippen molar-refractivity contribution < 1.29 is 14.3 Å². The van der Waals surface area contributed by atoms with Crippen molar-refractivity contribution >= 4 is 72.5 Å². The first-order valence-electron chi connectivity index (χ1n) is 11.4. The van der Waals surface area contributed by atoms with Gasteiger partial charge in [-0.2, -0.15) is 5.10 Å². The van der Waals surface area contributed by atoms with Crippen molar-refractivity contribution in [2.24, 2.45) is 5.10 Å². The third-order valence-electron chi connectivity index (χ3n) is 5.70. The van der Waals surface area contributed by atoms with Crippen LogP contribution in [0.25, 0.3) is 22.0 Å². The Morgan fingerprint density at radius 2 is 1.68 bits per heavy atom. The Balaban J connectivity index is 1.41. The molecule has 1 aromatic heterocycles. The van der Waals surface area contributed by atoms with Crippen LogP contribution in [0.4, 0.5) is 0 Å². The van der Waals surface area contributed by atoms with Gasteiger partial charge in [0, 0.05) is 30.5 Å². The summed E-state index contributed by atoms with van der Waals surface area (Å²) in [5.74, 6) is -0.678. The number of hydrazone groups is 1. The first kappa shape index (κ1) is 25.9. The highest BCUT2D eigenvalue weighted by Gasteiger charge is 2.20.